The number of rotatable bonds is 10. The first-order valence-corrected chi connectivity index (χ1v) is 20.3. The molecular formula is C40H51FN2O11P+. The smallest absolute Gasteiger partial charge is 0.404 e. The van der Waals surface area contributed by atoms with Crippen molar-refractivity contribution in [3.05, 3.63) is 83.2 Å². The second-order valence-electron chi connectivity index (χ2n) is 17.3. The minimum Gasteiger partial charge on any atom is -0.404 e. The molecule has 0 bridgehead atoms. The topological polar surface area (TPSA) is 196 Å². The number of fused-ring (bicyclic) bond motifs is 7. The molecule has 4 unspecified atom stereocenters. The van der Waals surface area contributed by atoms with Crippen LogP contribution in [0.4, 0.5) is 4.39 Å². The summed E-state index contributed by atoms with van der Waals surface area (Å²) < 4.78 is 49.7. The normalized spacial score (nSPS) is 36.0. The van der Waals surface area contributed by atoms with Crippen LogP contribution in [-0.4, -0.2) is 78.8 Å². The molecule has 1 aromatic carbocycles. The summed E-state index contributed by atoms with van der Waals surface area (Å²) in [7, 11) is -4.98. The lowest BCUT2D eigenvalue weighted by atomic mass is 9.44. The van der Waals surface area contributed by atoms with Crippen molar-refractivity contribution in [2.24, 2.45) is 22.7 Å². The number of phosphoric ester groups is 1. The second kappa shape index (κ2) is 13.7. The summed E-state index contributed by atoms with van der Waals surface area (Å²) in [5, 5.41) is 36.2. The van der Waals surface area contributed by atoms with E-state index in [-0.39, 0.29) is 43.0 Å². The van der Waals surface area contributed by atoms with Crippen LogP contribution in [0.5, 0.6) is 5.75 Å². The largest absolute Gasteiger partial charge is 0.524 e. The number of nitrogens with zero attached hydrogens (tertiary/aromatic N) is 1. The zero-order chi connectivity index (χ0) is 39.9. The van der Waals surface area contributed by atoms with E-state index in [1.807, 2.05) is 27.7 Å². The summed E-state index contributed by atoms with van der Waals surface area (Å²) in [5.74, 6) is -2.08. The Morgan fingerprint density at radius 3 is 2.64 bits per heavy atom. The van der Waals surface area contributed by atoms with Gasteiger partial charge < -0.3 is 34.6 Å². The number of ketones is 2. The number of nitrogens with one attached hydrogen (secondary N) is 1. The molecule has 5 aliphatic rings. The second-order valence-corrected chi connectivity index (χ2v) is 18.5. The van der Waals surface area contributed by atoms with Crippen molar-refractivity contribution in [3.63, 3.8) is 0 Å². The Morgan fingerprint density at radius 1 is 1.20 bits per heavy atom. The zero-order valence-electron chi connectivity index (χ0n) is 31.6. The lowest BCUT2D eigenvalue weighted by molar-refractivity contribution is -0.689. The molecule has 0 radical (unpaired) electrons. The molecule has 10 atom stereocenters. The van der Waals surface area contributed by atoms with Gasteiger partial charge in [0.05, 0.1) is 29.4 Å². The highest BCUT2D eigenvalue weighted by molar-refractivity contribution is 7.46. The molecule has 55 heavy (non-hydrogen) atoms. The number of aliphatic hydroxyl groups is 3. The standard InChI is InChI=1S/C40H50FN2O11P/c1-36(2,3)42-19-30(46)23-8-9-24(31(15-23)54-55(49,50)51)20-43-14-6-7-25(21-43)35-52-34-17-29-28-11-10-26-16-27(45)12-13-37(26,4)39(28,41)32(47)18-38(29,5)40(34,53-35)33(48)22-44/h6-9,12-16,21,28-30,32,34-35,42,44,46-47H,10-11,17-20,22H2,1-5H3,(H-,49,50,51)/p+1/t28?,29?,30?,32-,34+,35?,37-,38-,39-,40+/m0/s1. The number of carbonyl (C=O) groups excluding carboxylic acids is 2. The predicted molar refractivity (Wildman–Crippen MR) is 195 cm³/mol. The fourth-order valence-electron chi connectivity index (χ4n) is 10.3. The minimum absolute atomic E-state index is 0.0815. The van der Waals surface area contributed by atoms with Crippen LogP contribution >= 0.6 is 7.82 Å². The highest BCUT2D eigenvalue weighted by atomic mass is 31.2. The van der Waals surface area contributed by atoms with Gasteiger partial charge in [-0.25, -0.2) is 13.5 Å². The van der Waals surface area contributed by atoms with Gasteiger partial charge in [-0.05, 0) is 95.2 Å². The van der Waals surface area contributed by atoms with Crippen LogP contribution in [0, 0.1) is 22.7 Å². The molecule has 1 aromatic heterocycles. The Hall–Kier alpha value is -3.17. The molecule has 0 spiro atoms. The Balaban J connectivity index is 1.16. The Kier molecular flexibility index (Phi) is 10.0. The van der Waals surface area contributed by atoms with Crippen molar-refractivity contribution in [2.45, 2.75) is 108 Å². The van der Waals surface area contributed by atoms with Gasteiger partial charge in [-0.15, -0.1) is 0 Å². The first kappa shape index (κ1) is 40.0. The van der Waals surface area contributed by atoms with Gasteiger partial charge in [-0.2, -0.15) is 0 Å². The maximum Gasteiger partial charge on any atom is 0.524 e. The Morgan fingerprint density at radius 2 is 1.95 bits per heavy atom. The number of alkyl halides is 1. The van der Waals surface area contributed by atoms with Crippen LogP contribution in [0.1, 0.15) is 89.4 Å². The average molecular weight is 786 g/mol. The van der Waals surface area contributed by atoms with Gasteiger partial charge in [0, 0.05) is 34.9 Å². The number of β-amino-alcohol motifs (C(OH)–C–C–N with tert-alkyl or cyclic N) is 1. The van der Waals surface area contributed by atoms with Crippen molar-refractivity contribution < 1.29 is 62.2 Å². The molecule has 7 rings (SSSR count). The molecule has 2 aromatic rings. The maximum absolute atomic E-state index is 17.7. The van der Waals surface area contributed by atoms with E-state index in [1.165, 1.54) is 18.2 Å². The van der Waals surface area contributed by atoms with Crippen LogP contribution in [0.15, 0.2) is 66.5 Å². The molecule has 2 heterocycles. The number of carbonyl (C=O) groups is 2. The maximum atomic E-state index is 17.7. The van der Waals surface area contributed by atoms with E-state index in [1.54, 1.807) is 54.2 Å². The number of phosphoric acid groups is 1. The van der Waals surface area contributed by atoms with Gasteiger partial charge in [0.25, 0.3) is 0 Å². The lowest BCUT2D eigenvalue weighted by Crippen LogP contribution is -2.69. The molecule has 4 fully saturated rings. The van der Waals surface area contributed by atoms with Crippen LogP contribution < -0.4 is 14.4 Å². The van der Waals surface area contributed by atoms with Crippen LogP contribution in [0.25, 0.3) is 0 Å². The third kappa shape index (κ3) is 6.57. The Labute approximate surface area is 319 Å². The summed E-state index contributed by atoms with van der Waals surface area (Å²) in [6, 6.07) is 8.14. The first-order chi connectivity index (χ1) is 25.6. The van der Waals surface area contributed by atoms with E-state index in [0.717, 1.165) is 0 Å². The van der Waals surface area contributed by atoms with E-state index < -0.39 is 78.8 Å². The van der Waals surface area contributed by atoms with Crippen LogP contribution in [-0.2, 0) is 30.2 Å². The number of hydrogen-bond acceptors (Lipinski definition) is 10. The van der Waals surface area contributed by atoms with Crippen LogP contribution in [0.2, 0.25) is 0 Å². The molecule has 1 saturated heterocycles. The molecule has 15 heteroatoms. The molecule has 6 N–H and O–H groups in total. The van der Waals surface area contributed by atoms with E-state index in [2.05, 4.69) is 5.32 Å². The van der Waals surface area contributed by atoms with Crippen molar-refractivity contribution in [1.82, 2.24) is 5.32 Å². The average Bonchev–Trinajstić information content (AvgIpc) is 3.61. The number of aliphatic hydroxyl groups excluding tert-OH is 3. The minimum atomic E-state index is -4.98. The number of benzene rings is 1. The quantitative estimate of drug-likeness (QED) is 0.152. The van der Waals surface area contributed by atoms with E-state index in [9.17, 15) is 39.3 Å². The van der Waals surface area contributed by atoms with Crippen molar-refractivity contribution >= 4 is 19.4 Å². The number of Topliss-reactive ketones (excluding diaryl/α,β-unsaturated/α-hetero) is 1. The van der Waals surface area contributed by atoms with Gasteiger partial charge in [-0.1, -0.05) is 24.6 Å². The molecule has 3 saturated carbocycles. The lowest BCUT2D eigenvalue weighted by Gasteiger charge is -2.62. The Bertz CT molecular complexity index is 2000. The van der Waals surface area contributed by atoms with Crippen molar-refractivity contribution in [3.8, 4) is 5.75 Å². The SMILES string of the molecule is CC(C)(C)NCC(O)c1ccc(C[n+]2cccc(C3O[C@@H]4CC5C6CCC7=CC(=O)C=C[C@]7(C)[C@@]6(F)[C@@H](O)C[C@]5(C)[C@]4(C(=O)CO)O3)c2)c(OP(=O)(O)O)c1. The highest BCUT2D eigenvalue weighted by Crippen LogP contribution is 2.72. The third-order valence-electron chi connectivity index (χ3n) is 13.0. The summed E-state index contributed by atoms with van der Waals surface area (Å²) in [6.07, 6.45) is 4.32. The molecule has 1 aliphatic heterocycles. The molecule has 298 valence electrons. The summed E-state index contributed by atoms with van der Waals surface area (Å²) in [4.78, 5) is 45.6. The van der Waals surface area contributed by atoms with E-state index >= 15 is 4.39 Å². The van der Waals surface area contributed by atoms with Gasteiger partial charge in [0.1, 0.15) is 12.4 Å². The third-order valence-corrected chi connectivity index (χ3v) is 13.4. The van der Waals surface area contributed by atoms with Crippen molar-refractivity contribution in [2.75, 3.05) is 13.2 Å². The van der Waals surface area contributed by atoms with Gasteiger partial charge in [0.2, 0.25) is 0 Å². The van der Waals surface area contributed by atoms with Gasteiger partial charge >= 0.3 is 7.82 Å². The monoisotopic (exact) mass is 785 g/mol. The fraction of sp³-hybridized carbons (Fsp3) is 0.575. The number of ether oxygens (including phenoxy) is 2. The number of pyridine rings is 1. The number of hydrogen-bond donors (Lipinski definition) is 6. The first-order valence-electron chi connectivity index (χ1n) is 18.7. The van der Waals surface area contributed by atoms with Gasteiger partial charge in [0.15, 0.2) is 48.1 Å². The molecule has 0 amide bonds. The number of aromatic nitrogens is 1. The van der Waals surface area contributed by atoms with Crippen LogP contribution in [0.3, 0.4) is 0 Å². The van der Waals surface area contributed by atoms with Gasteiger partial charge in [-0.3, -0.25) is 19.4 Å². The summed E-state index contributed by atoms with van der Waals surface area (Å²) in [6.45, 7) is 8.82. The zero-order valence-corrected chi connectivity index (χ0v) is 32.5. The highest BCUT2D eigenvalue weighted by Gasteiger charge is 2.79. The van der Waals surface area contributed by atoms with Crippen molar-refractivity contribution in [1.29, 1.82) is 0 Å². The van der Waals surface area contributed by atoms with E-state index in [0.29, 0.717) is 35.1 Å². The number of halogens is 1. The number of allylic oxidation sites excluding steroid dienone is 4. The summed E-state index contributed by atoms with van der Waals surface area (Å²) in [5.41, 5.74) is -4.46. The summed E-state index contributed by atoms with van der Waals surface area (Å²) >= 11 is 0. The van der Waals surface area contributed by atoms with E-state index in [4.69, 9.17) is 14.0 Å². The molecule has 4 aliphatic carbocycles. The fourth-order valence-corrected chi connectivity index (χ4v) is 10.8. The predicted octanol–water partition coefficient (Wildman–Crippen LogP) is 3.61. The molecular weight excluding hydrogens is 734 g/mol. The molecule has 13 nitrogen and oxygen atoms in total.